The zero-order valence-corrected chi connectivity index (χ0v) is 37.3. The van der Waals surface area contributed by atoms with Crippen LogP contribution in [-0.2, 0) is 5.41 Å². The van der Waals surface area contributed by atoms with Crippen molar-refractivity contribution in [2.24, 2.45) is 0 Å². The maximum Gasteiger partial charge on any atom is 0.0737 e. The molecule has 2 aliphatic carbocycles. The molecular formula is C63H50N2. The predicted molar refractivity (Wildman–Crippen MR) is 275 cm³/mol. The summed E-state index contributed by atoms with van der Waals surface area (Å²) in [5.74, 6) is 0.579. The average Bonchev–Trinajstić information content (AvgIpc) is 3.82. The van der Waals surface area contributed by atoms with Crippen LogP contribution in [0.3, 0.4) is 0 Å². The first-order valence-electron chi connectivity index (χ1n) is 23.2. The van der Waals surface area contributed by atoms with Crippen LogP contribution >= 0.6 is 0 Å². The Hall–Kier alpha value is -7.68. The van der Waals surface area contributed by atoms with Crippen LogP contribution in [0.2, 0.25) is 0 Å². The highest BCUT2D eigenvalue weighted by molar-refractivity contribution is 6.11. The lowest BCUT2D eigenvalue weighted by Crippen LogP contribution is -2.27. The average molecular weight is 835 g/mol. The maximum atomic E-state index is 2.58. The van der Waals surface area contributed by atoms with E-state index in [0.717, 1.165) is 34.1 Å². The summed E-state index contributed by atoms with van der Waals surface area (Å²) in [7, 11) is 0. The lowest BCUT2D eigenvalue weighted by molar-refractivity contribution is 0.806. The van der Waals surface area contributed by atoms with Crippen molar-refractivity contribution in [2.45, 2.75) is 44.9 Å². The van der Waals surface area contributed by atoms with Crippen molar-refractivity contribution < 1.29 is 0 Å². The van der Waals surface area contributed by atoms with E-state index in [1.807, 2.05) is 0 Å². The van der Waals surface area contributed by atoms with Gasteiger partial charge in [0.15, 0.2) is 0 Å². The van der Waals surface area contributed by atoms with Gasteiger partial charge < -0.3 is 9.80 Å². The number of hydrogen-bond acceptors (Lipinski definition) is 2. The molecule has 0 aromatic heterocycles. The topological polar surface area (TPSA) is 6.48 Å². The summed E-state index contributed by atoms with van der Waals surface area (Å²) in [6, 6.07) is 81.3. The Morgan fingerprint density at radius 2 is 0.615 bits per heavy atom. The van der Waals surface area contributed by atoms with Crippen molar-refractivity contribution in [1.82, 2.24) is 0 Å². The molecule has 2 aliphatic rings. The van der Waals surface area contributed by atoms with E-state index in [2.05, 4.69) is 256 Å². The van der Waals surface area contributed by atoms with Crippen molar-refractivity contribution in [1.29, 1.82) is 0 Å². The number of benzene rings is 10. The van der Waals surface area contributed by atoms with Crippen LogP contribution in [0.25, 0.3) is 43.8 Å². The predicted octanol–water partition coefficient (Wildman–Crippen LogP) is 17.5. The molecule has 0 saturated heterocycles. The Labute approximate surface area is 382 Å². The summed E-state index contributed by atoms with van der Waals surface area (Å²) in [5, 5.41) is 5.24. The number of fused-ring (bicyclic) bond motifs is 14. The van der Waals surface area contributed by atoms with Crippen LogP contribution in [0.1, 0.15) is 72.9 Å². The molecule has 0 unspecified atom stereocenters. The first-order chi connectivity index (χ1) is 31.9. The fraction of sp³-hybridized carbons (Fsp3) is 0.111. The Morgan fingerprint density at radius 3 is 0.954 bits per heavy atom. The van der Waals surface area contributed by atoms with Gasteiger partial charge in [-0.1, -0.05) is 161 Å². The van der Waals surface area contributed by atoms with Gasteiger partial charge in [-0.2, -0.15) is 0 Å². The Balaban J connectivity index is 1.19. The molecule has 0 bridgehead atoms. The highest BCUT2D eigenvalue weighted by Crippen LogP contribution is 2.66. The van der Waals surface area contributed by atoms with Gasteiger partial charge in [-0.3, -0.25) is 0 Å². The lowest BCUT2D eigenvalue weighted by atomic mass is 9.67. The molecule has 2 nitrogen and oxygen atoms in total. The number of hydrogen-bond donors (Lipinski definition) is 0. The third-order valence-electron chi connectivity index (χ3n) is 14.1. The number of nitrogens with zero attached hydrogens (tertiary/aromatic N) is 2. The summed E-state index contributed by atoms with van der Waals surface area (Å²) in [5.41, 5.74) is 19.9. The number of anilines is 6. The summed E-state index contributed by atoms with van der Waals surface area (Å²) >= 11 is 0. The zero-order chi connectivity index (χ0) is 43.8. The number of para-hydroxylation sites is 4. The molecule has 10 aromatic rings. The second kappa shape index (κ2) is 15.2. The molecule has 0 atom stereocenters. The van der Waals surface area contributed by atoms with Crippen molar-refractivity contribution >= 4 is 55.7 Å². The van der Waals surface area contributed by atoms with Gasteiger partial charge in [-0.15, -0.1) is 0 Å². The molecular weight excluding hydrogens is 785 g/mol. The zero-order valence-electron chi connectivity index (χ0n) is 37.3. The Bertz CT molecular complexity index is 3110. The molecule has 0 amide bonds. The second-order valence-corrected chi connectivity index (χ2v) is 18.4. The SMILES string of the molecule is CC(C)c1cc2c(c3ccc(N(c4ccccc4)c4ccccc4)cc13)C1(c3ccccc3-c3ccccc31)c1c-2cc(C(C)C)c2cc(N(c3ccccc3)c3ccccc3)ccc12. The van der Waals surface area contributed by atoms with E-state index >= 15 is 0 Å². The van der Waals surface area contributed by atoms with Crippen LogP contribution in [0.5, 0.6) is 0 Å². The number of rotatable bonds is 8. The smallest absolute Gasteiger partial charge is 0.0737 e. The van der Waals surface area contributed by atoms with Crippen LogP contribution < -0.4 is 9.80 Å². The van der Waals surface area contributed by atoms with Crippen LogP contribution in [0.4, 0.5) is 34.1 Å². The fourth-order valence-corrected chi connectivity index (χ4v) is 11.4. The van der Waals surface area contributed by atoms with E-state index in [-0.39, 0.29) is 11.8 Å². The van der Waals surface area contributed by atoms with Gasteiger partial charge in [0.25, 0.3) is 0 Å². The molecule has 65 heavy (non-hydrogen) atoms. The summed E-state index contributed by atoms with van der Waals surface area (Å²) in [4.78, 5) is 4.80. The highest BCUT2D eigenvalue weighted by Gasteiger charge is 2.53. The van der Waals surface area contributed by atoms with Gasteiger partial charge in [-0.25, -0.2) is 0 Å². The van der Waals surface area contributed by atoms with Crippen molar-refractivity contribution in [3.63, 3.8) is 0 Å². The van der Waals surface area contributed by atoms with E-state index in [0.29, 0.717) is 0 Å². The highest BCUT2D eigenvalue weighted by atomic mass is 15.1. The third kappa shape index (κ3) is 5.87. The largest absolute Gasteiger partial charge is 0.310 e. The van der Waals surface area contributed by atoms with E-state index in [4.69, 9.17) is 0 Å². The molecule has 1 spiro atoms. The van der Waals surface area contributed by atoms with Crippen molar-refractivity contribution in [3.05, 3.63) is 252 Å². The second-order valence-electron chi connectivity index (χ2n) is 18.4. The Kier molecular flexibility index (Phi) is 9.14. The van der Waals surface area contributed by atoms with Gasteiger partial charge in [0.1, 0.15) is 0 Å². The minimum Gasteiger partial charge on any atom is -0.310 e. The van der Waals surface area contributed by atoms with Gasteiger partial charge in [0.05, 0.1) is 5.41 Å². The van der Waals surface area contributed by atoms with Crippen molar-refractivity contribution in [2.75, 3.05) is 9.80 Å². The summed E-state index contributed by atoms with van der Waals surface area (Å²) in [6.07, 6.45) is 0. The minimum absolute atomic E-state index is 0.289. The van der Waals surface area contributed by atoms with Gasteiger partial charge >= 0.3 is 0 Å². The molecule has 0 radical (unpaired) electrons. The molecule has 12 rings (SSSR count). The first kappa shape index (κ1) is 39.0. The van der Waals surface area contributed by atoms with E-state index in [1.54, 1.807) is 0 Å². The molecule has 0 aliphatic heterocycles. The minimum atomic E-state index is -0.556. The Morgan fingerprint density at radius 1 is 0.292 bits per heavy atom. The third-order valence-corrected chi connectivity index (χ3v) is 14.1. The van der Waals surface area contributed by atoms with Crippen molar-refractivity contribution in [3.8, 4) is 22.3 Å². The van der Waals surface area contributed by atoms with Crippen LogP contribution in [0.15, 0.2) is 218 Å². The maximum absolute atomic E-state index is 2.58. The van der Waals surface area contributed by atoms with Crippen LogP contribution in [-0.4, -0.2) is 0 Å². The molecule has 0 N–H and O–H groups in total. The first-order valence-corrected chi connectivity index (χ1v) is 23.2. The standard InChI is InChI=1S/C63H50N2/c1-41(2)53-39-57-58-40-54(42(3)4)56-38-48(65(45-25-13-7-14-26-45)46-27-15-8-16-28-46)34-36-52(56)62(58)63(59-31-19-17-29-49(59)50-30-18-20-32-60(50)63)61(57)51-35-33-47(37-55(51)53)64(43-21-9-5-10-22-43)44-23-11-6-12-24-44/h5-42H,1-4H3. The van der Waals surface area contributed by atoms with E-state index in [9.17, 15) is 0 Å². The molecule has 2 heteroatoms. The van der Waals surface area contributed by atoms with Gasteiger partial charge in [0, 0.05) is 34.1 Å². The monoisotopic (exact) mass is 834 g/mol. The van der Waals surface area contributed by atoms with Crippen LogP contribution in [0, 0.1) is 0 Å². The summed E-state index contributed by atoms with van der Waals surface area (Å²) in [6.45, 7) is 9.44. The molecule has 0 heterocycles. The summed E-state index contributed by atoms with van der Waals surface area (Å²) < 4.78 is 0. The quantitative estimate of drug-likeness (QED) is 0.150. The van der Waals surface area contributed by atoms with E-state index < -0.39 is 5.41 Å². The molecule has 10 aromatic carbocycles. The lowest BCUT2D eigenvalue weighted by Gasteiger charge is -2.34. The van der Waals surface area contributed by atoms with Gasteiger partial charge in [0.2, 0.25) is 0 Å². The molecule has 0 saturated carbocycles. The normalized spacial score (nSPS) is 13.0. The van der Waals surface area contributed by atoms with Gasteiger partial charge in [-0.05, 0) is 174 Å². The fourth-order valence-electron chi connectivity index (χ4n) is 11.4. The molecule has 0 fully saturated rings. The molecule has 312 valence electrons. The van der Waals surface area contributed by atoms with E-state index in [1.165, 1.54) is 77.2 Å².